The molecule has 0 aliphatic carbocycles. The van der Waals surface area contributed by atoms with Gasteiger partial charge in [-0.1, -0.05) is 19.1 Å². The van der Waals surface area contributed by atoms with Gasteiger partial charge in [0.2, 0.25) is 0 Å². The number of aryl methyl sites for hydroxylation is 1. The lowest BCUT2D eigenvalue weighted by Crippen LogP contribution is -2.29. The van der Waals surface area contributed by atoms with E-state index in [0.29, 0.717) is 6.54 Å². The standard InChI is InChI=1S/C13H19NO2/c1-3-14-8-12(15)13(9-14)16-11-6-4-5-10(2)7-11/h4-7,12-13,15H,3,8-9H2,1-2H3/t12-,13-/m1/s1. The van der Waals surface area contributed by atoms with Crippen LogP contribution in [0.3, 0.4) is 0 Å². The number of aliphatic hydroxyl groups is 1. The fourth-order valence-corrected chi connectivity index (χ4v) is 2.07. The summed E-state index contributed by atoms with van der Waals surface area (Å²) >= 11 is 0. The largest absolute Gasteiger partial charge is 0.486 e. The lowest BCUT2D eigenvalue weighted by Gasteiger charge is -2.16. The minimum atomic E-state index is -0.375. The lowest BCUT2D eigenvalue weighted by atomic mass is 10.2. The van der Waals surface area contributed by atoms with E-state index in [1.54, 1.807) is 0 Å². The van der Waals surface area contributed by atoms with E-state index < -0.39 is 0 Å². The van der Waals surface area contributed by atoms with Crippen LogP contribution in [0.15, 0.2) is 24.3 Å². The highest BCUT2D eigenvalue weighted by Gasteiger charge is 2.31. The van der Waals surface area contributed by atoms with Crippen molar-refractivity contribution in [2.24, 2.45) is 0 Å². The third kappa shape index (κ3) is 2.54. The maximum Gasteiger partial charge on any atom is 0.138 e. The van der Waals surface area contributed by atoms with E-state index in [1.807, 2.05) is 31.2 Å². The van der Waals surface area contributed by atoms with Crippen LogP contribution >= 0.6 is 0 Å². The predicted molar refractivity (Wildman–Crippen MR) is 63.7 cm³/mol. The van der Waals surface area contributed by atoms with Gasteiger partial charge < -0.3 is 9.84 Å². The minimum Gasteiger partial charge on any atom is -0.486 e. The number of ether oxygens (including phenoxy) is 1. The van der Waals surface area contributed by atoms with Gasteiger partial charge in [-0.3, -0.25) is 4.90 Å². The van der Waals surface area contributed by atoms with Crippen molar-refractivity contribution in [3.05, 3.63) is 29.8 Å². The van der Waals surface area contributed by atoms with Crippen LogP contribution < -0.4 is 4.74 Å². The number of hydrogen-bond acceptors (Lipinski definition) is 3. The first kappa shape index (κ1) is 11.4. The van der Waals surface area contributed by atoms with Gasteiger partial charge in [-0.15, -0.1) is 0 Å². The first-order valence-electron chi connectivity index (χ1n) is 5.83. The number of benzene rings is 1. The Morgan fingerprint density at radius 1 is 1.44 bits per heavy atom. The van der Waals surface area contributed by atoms with Gasteiger partial charge in [0.15, 0.2) is 0 Å². The van der Waals surface area contributed by atoms with Crippen molar-refractivity contribution in [3.8, 4) is 5.75 Å². The summed E-state index contributed by atoms with van der Waals surface area (Å²) < 4.78 is 5.81. The molecule has 0 bridgehead atoms. The molecule has 1 aliphatic heterocycles. The number of β-amino-alcohol motifs (C(OH)–C–C–N with tert-alkyl or cyclic N) is 1. The molecule has 0 aromatic heterocycles. The Kier molecular flexibility index (Phi) is 3.46. The molecule has 2 atom stereocenters. The molecule has 2 rings (SSSR count). The van der Waals surface area contributed by atoms with Crippen molar-refractivity contribution in [3.63, 3.8) is 0 Å². The minimum absolute atomic E-state index is 0.0956. The van der Waals surface area contributed by atoms with Crippen LogP contribution in [0.2, 0.25) is 0 Å². The van der Waals surface area contributed by atoms with Gasteiger partial charge in [0.05, 0.1) is 0 Å². The molecular weight excluding hydrogens is 202 g/mol. The van der Waals surface area contributed by atoms with Crippen molar-refractivity contribution in [1.82, 2.24) is 4.90 Å². The van der Waals surface area contributed by atoms with Gasteiger partial charge in [0.25, 0.3) is 0 Å². The molecule has 0 spiro atoms. The molecule has 0 radical (unpaired) electrons. The molecule has 88 valence electrons. The van der Waals surface area contributed by atoms with Crippen LogP contribution in [-0.4, -0.2) is 41.8 Å². The predicted octanol–water partition coefficient (Wildman–Crippen LogP) is 1.44. The second-order valence-electron chi connectivity index (χ2n) is 4.39. The molecule has 3 nitrogen and oxygen atoms in total. The molecule has 1 heterocycles. The number of hydrogen-bond donors (Lipinski definition) is 1. The molecule has 0 saturated carbocycles. The molecule has 1 aromatic rings. The molecule has 1 saturated heterocycles. The first-order valence-corrected chi connectivity index (χ1v) is 5.83. The van der Waals surface area contributed by atoms with Crippen molar-refractivity contribution < 1.29 is 9.84 Å². The van der Waals surface area contributed by atoms with Crippen molar-refractivity contribution in [2.75, 3.05) is 19.6 Å². The van der Waals surface area contributed by atoms with Gasteiger partial charge in [-0.25, -0.2) is 0 Å². The summed E-state index contributed by atoms with van der Waals surface area (Å²) in [7, 11) is 0. The van der Waals surface area contributed by atoms with E-state index in [0.717, 1.165) is 18.8 Å². The molecule has 3 heteroatoms. The number of likely N-dealkylation sites (N-methyl/N-ethyl adjacent to an activating group) is 1. The molecule has 16 heavy (non-hydrogen) atoms. The quantitative estimate of drug-likeness (QED) is 0.838. The maximum atomic E-state index is 9.85. The maximum absolute atomic E-state index is 9.85. The van der Waals surface area contributed by atoms with Gasteiger partial charge in [0.1, 0.15) is 18.0 Å². The summed E-state index contributed by atoms with van der Waals surface area (Å²) in [4.78, 5) is 2.20. The van der Waals surface area contributed by atoms with Crippen LogP contribution in [0, 0.1) is 6.92 Å². The normalized spacial score (nSPS) is 25.9. The van der Waals surface area contributed by atoms with E-state index >= 15 is 0 Å². The zero-order chi connectivity index (χ0) is 11.5. The lowest BCUT2D eigenvalue weighted by molar-refractivity contribution is 0.0736. The first-order chi connectivity index (χ1) is 7.69. The Labute approximate surface area is 96.6 Å². The van der Waals surface area contributed by atoms with Gasteiger partial charge >= 0.3 is 0 Å². The van der Waals surface area contributed by atoms with E-state index in [-0.39, 0.29) is 12.2 Å². The molecule has 0 unspecified atom stereocenters. The van der Waals surface area contributed by atoms with Crippen LogP contribution in [-0.2, 0) is 0 Å². The Balaban J connectivity index is 2.00. The number of rotatable bonds is 3. The van der Waals surface area contributed by atoms with Gasteiger partial charge in [-0.2, -0.15) is 0 Å². The summed E-state index contributed by atoms with van der Waals surface area (Å²) in [6.45, 7) is 6.63. The Hall–Kier alpha value is -1.06. The fraction of sp³-hybridized carbons (Fsp3) is 0.538. The summed E-state index contributed by atoms with van der Waals surface area (Å²) in [5, 5.41) is 9.85. The van der Waals surface area contributed by atoms with E-state index in [1.165, 1.54) is 5.56 Å². The van der Waals surface area contributed by atoms with Crippen LogP contribution in [0.5, 0.6) is 5.75 Å². The monoisotopic (exact) mass is 221 g/mol. The summed E-state index contributed by atoms with van der Waals surface area (Å²) in [6, 6.07) is 7.95. The second-order valence-corrected chi connectivity index (χ2v) is 4.39. The average molecular weight is 221 g/mol. The summed E-state index contributed by atoms with van der Waals surface area (Å²) in [5.74, 6) is 0.849. The Morgan fingerprint density at radius 3 is 2.88 bits per heavy atom. The third-order valence-corrected chi connectivity index (χ3v) is 3.04. The van der Waals surface area contributed by atoms with Gasteiger partial charge in [0, 0.05) is 13.1 Å². The molecule has 1 fully saturated rings. The fourth-order valence-electron chi connectivity index (χ4n) is 2.07. The summed E-state index contributed by atoms with van der Waals surface area (Å²) in [6.07, 6.45) is -0.470. The molecule has 0 amide bonds. The smallest absolute Gasteiger partial charge is 0.138 e. The third-order valence-electron chi connectivity index (χ3n) is 3.04. The number of likely N-dealkylation sites (tertiary alicyclic amines) is 1. The average Bonchev–Trinajstić information content (AvgIpc) is 2.60. The SMILES string of the molecule is CCN1C[C@@H](O)[C@H](Oc2cccc(C)c2)C1. The zero-order valence-electron chi connectivity index (χ0n) is 9.89. The molecule has 1 aliphatic rings. The van der Waals surface area contributed by atoms with Crippen LogP contribution in [0.1, 0.15) is 12.5 Å². The molecule has 1 N–H and O–H groups in total. The number of aliphatic hydroxyl groups excluding tert-OH is 1. The summed E-state index contributed by atoms with van der Waals surface area (Å²) in [5.41, 5.74) is 1.18. The van der Waals surface area contributed by atoms with Crippen LogP contribution in [0.4, 0.5) is 0 Å². The molecular formula is C13H19NO2. The van der Waals surface area contributed by atoms with Gasteiger partial charge in [-0.05, 0) is 31.2 Å². The van der Waals surface area contributed by atoms with Crippen molar-refractivity contribution >= 4 is 0 Å². The second kappa shape index (κ2) is 4.85. The zero-order valence-corrected chi connectivity index (χ0v) is 9.89. The Bertz CT molecular complexity index is 354. The van der Waals surface area contributed by atoms with E-state index in [2.05, 4.69) is 11.8 Å². The topological polar surface area (TPSA) is 32.7 Å². The molecule has 1 aromatic carbocycles. The van der Waals surface area contributed by atoms with Crippen molar-refractivity contribution in [1.29, 1.82) is 0 Å². The van der Waals surface area contributed by atoms with E-state index in [9.17, 15) is 5.11 Å². The highest BCUT2D eigenvalue weighted by atomic mass is 16.5. The number of nitrogens with zero attached hydrogens (tertiary/aromatic N) is 1. The highest BCUT2D eigenvalue weighted by Crippen LogP contribution is 2.19. The highest BCUT2D eigenvalue weighted by molar-refractivity contribution is 5.27. The Morgan fingerprint density at radius 2 is 2.25 bits per heavy atom. The van der Waals surface area contributed by atoms with Crippen LogP contribution in [0.25, 0.3) is 0 Å². The van der Waals surface area contributed by atoms with Crippen molar-refractivity contribution in [2.45, 2.75) is 26.1 Å². The van der Waals surface area contributed by atoms with E-state index in [4.69, 9.17) is 4.74 Å².